The van der Waals surface area contributed by atoms with Crippen LogP contribution in [0, 0.1) is 5.82 Å². The summed E-state index contributed by atoms with van der Waals surface area (Å²) < 4.78 is 43.4. The molecule has 136 valence electrons. The topological polar surface area (TPSA) is 80.3 Å². The van der Waals surface area contributed by atoms with Crippen LogP contribution in [0.5, 0.6) is 5.88 Å². The predicted octanol–water partition coefficient (Wildman–Crippen LogP) is 2.00. The maximum atomic E-state index is 13.0. The maximum Gasteiger partial charge on any atom is 0.216 e. The van der Waals surface area contributed by atoms with Crippen molar-refractivity contribution in [1.82, 2.24) is 15.0 Å². The molecule has 0 saturated carbocycles. The number of hydrogen-bond acceptors (Lipinski definition) is 5. The summed E-state index contributed by atoms with van der Waals surface area (Å²) in [5, 5.41) is 3.22. The minimum atomic E-state index is -3.23. The molecule has 2 rings (SSSR count). The largest absolute Gasteiger partial charge is 0.476 e. The molecule has 0 bridgehead atoms. The molecule has 25 heavy (non-hydrogen) atoms. The zero-order chi connectivity index (χ0) is 18.3. The number of halogens is 1. The van der Waals surface area contributed by atoms with E-state index in [1.165, 1.54) is 18.3 Å². The summed E-state index contributed by atoms with van der Waals surface area (Å²) in [7, 11) is -3.23. The van der Waals surface area contributed by atoms with Crippen molar-refractivity contribution in [3.8, 4) is 5.88 Å². The lowest BCUT2D eigenvalue weighted by atomic mass is 10.1. The molecule has 6 nitrogen and oxygen atoms in total. The molecule has 0 aliphatic rings. The molecule has 8 heteroatoms. The molecular formula is C17H22FN3O3S. The second-order valence-electron chi connectivity index (χ2n) is 5.69. The van der Waals surface area contributed by atoms with E-state index >= 15 is 0 Å². The van der Waals surface area contributed by atoms with Gasteiger partial charge in [0.25, 0.3) is 0 Å². The molecule has 0 aliphatic carbocycles. The van der Waals surface area contributed by atoms with E-state index in [1.54, 1.807) is 6.92 Å². The number of ether oxygens (including phenoxy) is 1. The average molecular weight is 367 g/mol. The summed E-state index contributed by atoms with van der Waals surface area (Å²) in [6.45, 7) is 3.41. The normalized spacial score (nSPS) is 12.8. The molecule has 0 aliphatic heterocycles. The summed E-state index contributed by atoms with van der Waals surface area (Å²) in [6.07, 6.45) is 2.50. The molecule has 1 aromatic carbocycles. The number of nitrogens with zero attached hydrogens (tertiary/aromatic N) is 1. The second kappa shape index (κ2) is 8.89. The smallest absolute Gasteiger partial charge is 0.216 e. The standard InChI is InChI=1S/C17H22FN3O3S/c1-13(21-25(2,22)23)15-5-3-14(4-6-15)12-19-9-10-24-17-11-16(18)7-8-20-17/h3-8,11,13,19,21H,9-10,12H2,1-2H3/t13-/m1/s1. The number of sulfonamides is 1. The lowest BCUT2D eigenvalue weighted by molar-refractivity contribution is 0.300. The van der Waals surface area contributed by atoms with Gasteiger partial charge in [-0.1, -0.05) is 24.3 Å². The van der Waals surface area contributed by atoms with Gasteiger partial charge in [-0.2, -0.15) is 0 Å². The first-order valence-electron chi connectivity index (χ1n) is 7.85. The molecule has 2 aromatic rings. The molecule has 0 spiro atoms. The van der Waals surface area contributed by atoms with Crippen LogP contribution in [0.15, 0.2) is 42.6 Å². The first-order valence-corrected chi connectivity index (χ1v) is 9.74. The molecule has 0 fully saturated rings. The number of benzene rings is 1. The second-order valence-corrected chi connectivity index (χ2v) is 7.47. The fourth-order valence-electron chi connectivity index (χ4n) is 2.24. The SMILES string of the molecule is C[C@@H](NS(C)(=O)=O)c1ccc(CNCCOc2cc(F)ccn2)cc1. The summed E-state index contributed by atoms with van der Waals surface area (Å²) in [5.41, 5.74) is 1.97. The van der Waals surface area contributed by atoms with Gasteiger partial charge in [-0.25, -0.2) is 22.5 Å². The van der Waals surface area contributed by atoms with Gasteiger partial charge < -0.3 is 10.1 Å². The van der Waals surface area contributed by atoms with Gasteiger partial charge in [0.2, 0.25) is 15.9 Å². The molecule has 1 heterocycles. The molecule has 0 amide bonds. The first kappa shape index (κ1) is 19.3. The van der Waals surface area contributed by atoms with Crippen molar-refractivity contribution in [2.75, 3.05) is 19.4 Å². The summed E-state index contributed by atoms with van der Waals surface area (Å²) in [6, 6.07) is 9.91. The number of hydrogen-bond donors (Lipinski definition) is 2. The van der Waals surface area contributed by atoms with E-state index in [-0.39, 0.29) is 17.7 Å². The van der Waals surface area contributed by atoms with Crippen molar-refractivity contribution in [1.29, 1.82) is 0 Å². The van der Waals surface area contributed by atoms with Gasteiger partial charge in [0.15, 0.2) is 0 Å². The van der Waals surface area contributed by atoms with Gasteiger partial charge in [-0.3, -0.25) is 0 Å². The van der Waals surface area contributed by atoms with E-state index in [1.807, 2.05) is 24.3 Å². The van der Waals surface area contributed by atoms with Crippen molar-refractivity contribution in [3.05, 3.63) is 59.5 Å². The number of pyridine rings is 1. The molecule has 2 N–H and O–H groups in total. The monoisotopic (exact) mass is 367 g/mol. The predicted molar refractivity (Wildman–Crippen MR) is 94.2 cm³/mol. The minimum absolute atomic E-state index is 0.263. The molecule has 1 atom stereocenters. The van der Waals surface area contributed by atoms with Crippen molar-refractivity contribution < 1.29 is 17.5 Å². The van der Waals surface area contributed by atoms with Crippen LogP contribution in [0.1, 0.15) is 24.1 Å². The van der Waals surface area contributed by atoms with Crippen LogP contribution in [-0.4, -0.2) is 32.8 Å². The molecule has 0 saturated heterocycles. The Balaban J connectivity index is 1.72. The van der Waals surface area contributed by atoms with Gasteiger partial charge in [-0.15, -0.1) is 0 Å². The Morgan fingerprint density at radius 2 is 1.96 bits per heavy atom. The molecule has 0 radical (unpaired) electrons. The van der Waals surface area contributed by atoms with E-state index < -0.39 is 10.0 Å². The van der Waals surface area contributed by atoms with E-state index in [4.69, 9.17) is 4.74 Å². The molecule has 1 aromatic heterocycles. The minimum Gasteiger partial charge on any atom is -0.476 e. The van der Waals surface area contributed by atoms with E-state index in [9.17, 15) is 12.8 Å². The van der Waals surface area contributed by atoms with E-state index in [2.05, 4.69) is 15.0 Å². The van der Waals surface area contributed by atoms with Crippen LogP contribution >= 0.6 is 0 Å². The number of aromatic nitrogens is 1. The lowest BCUT2D eigenvalue weighted by Gasteiger charge is -2.13. The molecule has 0 unspecified atom stereocenters. The Hall–Kier alpha value is -2.03. The van der Waals surface area contributed by atoms with Crippen LogP contribution in [0.4, 0.5) is 4.39 Å². The Kier molecular flexibility index (Phi) is 6.86. The number of rotatable bonds is 9. The van der Waals surface area contributed by atoms with Crippen molar-refractivity contribution >= 4 is 10.0 Å². The highest BCUT2D eigenvalue weighted by Crippen LogP contribution is 2.14. The third-order valence-corrected chi connectivity index (χ3v) is 4.21. The van der Waals surface area contributed by atoms with Crippen LogP contribution < -0.4 is 14.8 Å². The van der Waals surface area contributed by atoms with Crippen LogP contribution in [0.2, 0.25) is 0 Å². The Labute approximate surface area is 147 Å². The fourth-order valence-corrected chi connectivity index (χ4v) is 3.02. The van der Waals surface area contributed by atoms with Crippen LogP contribution in [-0.2, 0) is 16.6 Å². The molecular weight excluding hydrogens is 345 g/mol. The zero-order valence-corrected chi connectivity index (χ0v) is 15.0. The highest BCUT2D eigenvalue weighted by molar-refractivity contribution is 7.88. The maximum absolute atomic E-state index is 13.0. The van der Waals surface area contributed by atoms with Crippen LogP contribution in [0.25, 0.3) is 0 Å². The Morgan fingerprint density at radius 1 is 1.24 bits per heavy atom. The Morgan fingerprint density at radius 3 is 2.60 bits per heavy atom. The highest BCUT2D eigenvalue weighted by Gasteiger charge is 2.10. The van der Waals surface area contributed by atoms with Gasteiger partial charge >= 0.3 is 0 Å². The van der Waals surface area contributed by atoms with Gasteiger partial charge in [0, 0.05) is 31.4 Å². The summed E-state index contributed by atoms with van der Waals surface area (Å²) >= 11 is 0. The summed E-state index contributed by atoms with van der Waals surface area (Å²) in [5.74, 6) is -0.115. The fraction of sp³-hybridized carbons (Fsp3) is 0.353. The van der Waals surface area contributed by atoms with Gasteiger partial charge in [-0.05, 0) is 24.1 Å². The zero-order valence-electron chi connectivity index (χ0n) is 14.2. The van der Waals surface area contributed by atoms with Crippen LogP contribution in [0.3, 0.4) is 0 Å². The first-order chi connectivity index (χ1) is 11.8. The highest BCUT2D eigenvalue weighted by atomic mass is 32.2. The third kappa shape index (κ3) is 7.16. The van der Waals surface area contributed by atoms with Crippen molar-refractivity contribution in [2.45, 2.75) is 19.5 Å². The van der Waals surface area contributed by atoms with Crippen molar-refractivity contribution in [2.24, 2.45) is 0 Å². The Bertz CT molecular complexity index is 782. The van der Waals surface area contributed by atoms with E-state index in [0.29, 0.717) is 19.7 Å². The van der Waals surface area contributed by atoms with Crippen molar-refractivity contribution in [3.63, 3.8) is 0 Å². The quantitative estimate of drug-likeness (QED) is 0.663. The number of nitrogens with one attached hydrogen (secondary N) is 2. The van der Waals surface area contributed by atoms with Gasteiger partial charge in [0.1, 0.15) is 12.4 Å². The average Bonchev–Trinajstić information content (AvgIpc) is 2.53. The van der Waals surface area contributed by atoms with E-state index in [0.717, 1.165) is 17.4 Å². The lowest BCUT2D eigenvalue weighted by Crippen LogP contribution is -2.25. The van der Waals surface area contributed by atoms with Gasteiger partial charge in [0.05, 0.1) is 6.26 Å². The summed E-state index contributed by atoms with van der Waals surface area (Å²) in [4.78, 5) is 3.91. The third-order valence-electron chi connectivity index (χ3n) is 3.43.